The van der Waals surface area contributed by atoms with Gasteiger partial charge in [-0.05, 0) is 26.8 Å². The molecule has 8 heteroatoms. The van der Waals surface area contributed by atoms with E-state index in [1.54, 1.807) is 20.8 Å². The predicted molar refractivity (Wildman–Crippen MR) is 81.7 cm³/mol. The lowest BCUT2D eigenvalue weighted by Gasteiger charge is -2.10. The second kappa shape index (κ2) is 9.39. The van der Waals surface area contributed by atoms with Crippen molar-refractivity contribution in [3.63, 3.8) is 0 Å². The first-order valence-corrected chi connectivity index (χ1v) is 7.27. The van der Waals surface area contributed by atoms with Gasteiger partial charge in [-0.15, -0.1) is 0 Å². The Bertz CT molecular complexity index is 560. The van der Waals surface area contributed by atoms with E-state index in [9.17, 15) is 14.4 Å². The summed E-state index contributed by atoms with van der Waals surface area (Å²) in [5.74, 6) is -3.39. The fourth-order valence-electron chi connectivity index (χ4n) is 1.67. The van der Waals surface area contributed by atoms with Crippen LogP contribution >= 0.6 is 0 Å². The Morgan fingerprint density at radius 2 is 1.65 bits per heavy atom. The minimum Gasteiger partial charge on any atom is -0.465 e. The molecule has 1 aromatic heterocycles. The molecule has 0 aliphatic carbocycles. The summed E-state index contributed by atoms with van der Waals surface area (Å²) in [6.07, 6.45) is 2.60. The number of hydrogen-bond acceptors (Lipinski definition) is 7. The van der Waals surface area contributed by atoms with Gasteiger partial charge in [0, 0.05) is 12.4 Å². The van der Waals surface area contributed by atoms with E-state index in [1.165, 1.54) is 12.3 Å². The third-order valence-electron chi connectivity index (χ3n) is 2.65. The lowest BCUT2D eigenvalue weighted by atomic mass is 10.1. The van der Waals surface area contributed by atoms with Gasteiger partial charge in [0.05, 0.1) is 25.5 Å². The number of carbonyl (C=O) groups excluding carboxylic acids is 3. The summed E-state index contributed by atoms with van der Waals surface area (Å²) >= 11 is 0. The van der Waals surface area contributed by atoms with Gasteiger partial charge in [0.1, 0.15) is 0 Å². The fourth-order valence-corrected chi connectivity index (χ4v) is 1.67. The van der Waals surface area contributed by atoms with Crippen molar-refractivity contribution in [3.8, 4) is 0 Å². The van der Waals surface area contributed by atoms with Gasteiger partial charge in [-0.2, -0.15) is 0 Å². The Labute approximate surface area is 133 Å². The molecule has 8 nitrogen and oxygen atoms in total. The molecule has 0 aliphatic heterocycles. The largest absolute Gasteiger partial charge is 0.465 e. The highest BCUT2D eigenvalue weighted by Gasteiger charge is 2.28. The molecule has 0 bridgehead atoms. The molecule has 0 spiro atoms. The number of H-pyrrole nitrogens is 1. The molecule has 23 heavy (non-hydrogen) atoms. The van der Waals surface area contributed by atoms with E-state index in [4.69, 9.17) is 14.2 Å². The molecule has 0 amide bonds. The number of aromatic amines is 1. The predicted octanol–water partition coefficient (Wildman–Crippen LogP) is 1.64. The van der Waals surface area contributed by atoms with Crippen LogP contribution in [0.15, 0.2) is 17.3 Å². The van der Waals surface area contributed by atoms with Crippen LogP contribution in [0.1, 0.15) is 31.3 Å². The van der Waals surface area contributed by atoms with Crippen LogP contribution in [0.4, 0.5) is 5.69 Å². The number of nitrogens with zero attached hydrogens (tertiary/aromatic N) is 1. The van der Waals surface area contributed by atoms with Crippen LogP contribution in [0, 0.1) is 5.92 Å². The lowest BCUT2D eigenvalue weighted by molar-refractivity contribution is -0.157. The number of carbonyl (C=O) groups is 3. The summed E-state index contributed by atoms with van der Waals surface area (Å²) in [4.78, 5) is 42.1. The van der Waals surface area contributed by atoms with Crippen LogP contribution in [0.25, 0.3) is 0 Å². The van der Waals surface area contributed by atoms with Crippen molar-refractivity contribution in [1.82, 2.24) is 4.98 Å². The van der Waals surface area contributed by atoms with E-state index in [2.05, 4.69) is 9.98 Å². The van der Waals surface area contributed by atoms with Crippen molar-refractivity contribution in [2.75, 3.05) is 19.8 Å². The number of aromatic nitrogens is 1. The summed E-state index contributed by atoms with van der Waals surface area (Å²) in [5.41, 5.74) is 0.386. The maximum absolute atomic E-state index is 11.8. The Kier molecular flexibility index (Phi) is 7.52. The van der Waals surface area contributed by atoms with Gasteiger partial charge in [0.25, 0.3) is 0 Å². The van der Waals surface area contributed by atoms with Gasteiger partial charge in [0.15, 0.2) is 11.6 Å². The summed E-state index contributed by atoms with van der Waals surface area (Å²) in [6.45, 7) is 5.41. The summed E-state index contributed by atoms with van der Waals surface area (Å²) in [5, 5.41) is 0. The summed E-state index contributed by atoms with van der Waals surface area (Å²) in [6, 6.07) is 1.52. The summed E-state index contributed by atoms with van der Waals surface area (Å²) < 4.78 is 14.5. The van der Waals surface area contributed by atoms with Gasteiger partial charge in [-0.3, -0.25) is 14.6 Å². The second-order valence-corrected chi connectivity index (χ2v) is 4.22. The Morgan fingerprint density at radius 3 is 2.17 bits per heavy atom. The molecular formula is C15H20N2O6. The maximum Gasteiger partial charge on any atom is 0.356 e. The van der Waals surface area contributed by atoms with Crippen molar-refractivity contribution in [2.45, 2.75) is 20.8 Å². The van der Waals surface area contributed by atoms with Gasteiger partial charge in [-0.25, -0.2) is 4.79 Å². The highest BCUT2D eigenvalue weighted by molar-refractivity contribution is 6.09. The molecule has 1 N–H and O–H groups in total. The zero-order chi connectivity index (χ0) is 17.2. The Morgan fingerprint density at radius 1 is 1.09 bits per heavy atom. The average Bonchev–Trinajstić information content (AvgIpc) is 2.97. The van der Waals surface area contributed by atoms with Crippen molar-refractivity contribution >= 4 is 29.8 Å². The third-order valence-corrected chi connectivity index (χ3v) is 2.65. The van der Waals surface area contributed by atoms with Crippen LogP contribution in [0.5, 0.6) is 0 Å². The number of ether oxygens (including phenoxy) is 3. The average molecular weight is 324 g/mol. The molecule has 0 atom stereocenters. The van der Waals surface area contributed by atoms with Crippen LogP contribution in [-0.4, -0.2) is 48.9 Å². The minimum absolute atomic E-state index is 0.126. The second-order valence-electron chi connectivity index (χ2n) is 4.22. The number of nitrogens with one attached hydrogen (secondary N) is 1. The third kappa shape index (κ3) is 5.24. The maximum atomic E-state index is 11.8. The van der Waals surface area contributed by atoms with Crippen molar-refractivity contribution in [2.24, 2.45) is 10.9 Å². The SMILES string of the molecule is CCOC(=O)c1[nH]ccc1N=CC(C(=O)OCC)C(=O)OCC. The molecule has 1 heterocycles. The molecule has 0 aromatic carbocycles. The van der Waals surface area contributed by atoms with Crippen LogP contribution in [-0.2, 0) is 23.8 Å². The number of aliphatic imine (C=N–C) groups is 1. The first-order valence-electron chi connectivity index (χ1n) is 7.27. The number of rotatable bonds is 8. The smallest absolute Gasteiger partial charge is 0.356 e. The van der Waals surface area contributed by atoms with E-state index in [0.717, 1.165) is 6.21 Å². The normalized spacial score (nSPS) is 10.8. The molecule has 0 saturated heterocycles. The van der Waals surface area contributed by atoms with Crippen LogP contribution in [0.3, 0.4) is 0 Å². The highest BCUT2D eigenvalue weighted by atomic mass is 16.6. The molecular weight excluding hydrogens is 304 g/mol. The molecule has 0 fully saturated rings. The van der Waals surface area contributed by atoms with Gasteiger partial charge in [0.2, 0.25) is 0 Å². The molecule has 1 rings (SSSR count). The zero-order valence-corrected chi connectivity index (χ0v) is 13.3. The van der Waals surface area contributed by atoms with Crippen molar-refractivity contribution in [1.29, 1.82) is 0 Å². The molecule has 126 valence electrons. The quantitative estimate of drug-likeness (QED) is 0.337. The van der Waals surface area contributed by atoms with E-state index >= 15 is 0 Å². The van der Waals surface area contributed by atoms with Gasteiger partial charge >= 0.3 is 17.9 Å². The molecule has 1 aromatic rings. The van der Waals surface area contributed by atoms with E-state index in [-0.39, 0.29) is 31.2 Å². The van der Waals surface area contributed by atoms with E-state index < -0.39 is 23.8 Å². The van der Waals surface area contributed by atoms with E-state index in [0.29, 0.717) is 0 Å². The molecule has 0 radical (unpaired) electrons. The lowest BCUT2D eigenvalue weighted by Crippen LogP contribution is -2.29. The van der Waals surface area contributed by atoms with Crippen LogP contribution < -0.4 is 0 Å². The van der Waals surface area contributed by atoms with E-state index in [1.807, 2.05) is 0 Å². The molecule has 0 aliphatic rings. The summed E-state index contributed by atoms with van der Waals surface area (Å²) in [7, 11) is 0. The molecule has 0 unspecified atom stereocenters. The minimum atomic E-state index is -1.29. The highest BCUT2D eigenvalue weighted by Crippen LogP contribution is 2.18. The first-order chi connectivity index (χ1) is 11.0. The van der Waals surface area contributed by atoms with Gasteiger partial charge in [-0.1, -0.05) is 0 Å². The van der Waals surface area contributed by atoms with Gasteiger partial charge < -0.3 is 19.2 Å². The monoisotopic (exact) mass is 324 g/mol. The Hall–Kier alpha value is -2.64. The van der Waals surface area contributed by atoms with Crippen molar-refractivity contribution in [3.05, 3.63) is 18.0 Å². The fraction of sp³-hybridized carbons (Fsp3) is 0.467. The topological polar surface area (TPSA) is 107 Å². The Balaban J connectivity index is 2.97. The first kappa shape index (κ1) is 18.4. The van der Waals surface area contributed by atoms with Crippen LogP contribution in [0.2, 0.25) is 0 Å². The zero-order valence-electron chi connectivity index (χ0n) is 13.3. The standard InChI is InChI=1S/C15H20N2O6/c1-4-21-13(18)10(14(19)22-5-2)9-17-11-7-8-16-12(11)15(20)23-6-3/h7-10,16H,4-6H2,1-3H3. The number of hydrogen-bond donors (Lipinski definition) is 1. The molecule has 0 saturated carbocycles. The van der Waals surface area contributed by atoms with Crippen molar-refractivity contribution < 1.29 is 28.6 Å². The number of esters is 3.